The molecule has 0 aromatic heterocycles. The van der Waals surface area contributed by atoms with E-state index in [4.69, 9.17) is 0 Å². The van der Waals surface area contributed by atoms with E-state index in [9.17, 15) is 9.90 Å². The van der Waals surface area contributed by atoms with Crippen molar-refractivity contribution < 1.29 is 14.6 Å². The number of ether oxygens (including phenoxy) is 1. The Morgan fingerprint density at radius 2 is 2.14 bits per heavy atom. The van der Waals surface area contributed by atoms with Crippen molar-refractivity contribution in [2.24, 2.45) is 0 Å². The molecule has 0 aromatic rings. The van der Waals surface area contributed by atoms with E-state index >= 15 is 0 Å². The molecule has 3 nitrogen and oxygen atoms in total. The Bertz CT molecular complexity index is 175. The monoisotopic (exact) mass is 200 g/mol. The van der Waals surface area contributed by atoms with Gasteiger partial charge >= 0.3 is 5.97 Å². The number of hydrogen-bond donors (Lipinski definition) is 1. The van der Waals surface area contributed by atoms with Crippen LogP contribution in [0.1, 0.15) is 39.0 Å². The van der Waals surface area contributed by atoms with Gasteiger partial charge in [0.05, 0.1) is 13.2 Å². The summed E-state index contributed by atoms with van der Waals surface area (Å²) >= 11 is 0. The molecule has 3 heteroatoms. The molecule has 0 aliphatic rings. The lowest BCUT2D eigenvalue weighted by Gasteiger charge is -2.04. The van der Waals surface area contributed by atoms with Crippen LogP contribution < -0.4 is 0 Å². The van der Waals surface area contributed by atoms with Gasteiger partial charge in [-0.3, -0.25) is 0 Å². The lowest BCUT2D eigenvalue weighted by atomic mass is 10.1. The highest BCUT2D eigenvalue weighted by molar-refractivity contribution is 5.81. The third-order valence-corrected chi connectivity index (χ3v) is 2.01. The van der Waals surface area contributed by atoms with Crippen molar-refractivity contribution in [3.8, 4) is 0 Å². The number of unbranched alkanes of at least 4 members (excludes halogenated alkanes) is 3. The molecule has 0 aliphatic heterocycles. The van der Waals surface area contributed by atoms with E-state index in [2.05, 4.69) is 11.7 Å². The molecule has 0 saturated carbocycles. The first-order chi connectivity index (χ1) is 6.70. The predicted molar refractivity (Wildman–Crippen MR) is 55.9 cm³/mol. The molecule has 0 heterocycles. The number of methoxy groups -OCH3 is 1. The van der Waals surface area contributed by atoms with E-state index in [-0.39, 0.29) is 0 Å². The van der Waals surface area contributed by atoms with Gasteiger partial charge in [-0.2, -0.15) is 0 Å². The smallest absolute Gasteiger partial charge is 0.330 e. The average Bonchev–Trinajstić information content (AvgIpc) is 2.21. The minimum Gasteiger partial charge on any atom is -0.466 e. The van der Waals surface area contributed by atoms with Gasteiger partial charge in [0, 0.05) is 6.08 Å². The van der Waals surface area contributed by atoms with Crippen molar-refractivity contribution in [1.82, 2.24) is 0 Å². The number of hydrogen-bond acceptors (Lipinski definition) is 3. The predicted octanol–water partition coefficient (Wildman–Crippen LogP) is 2.05. The largest absolute Gasteiger partial charge is 0.466 e. The first-order valence-electron chi connectivity index (χ1n) is 5.15. The summed E-state index contributed by atoms with van der Waals surface area (Å²) in [5.74, 6) is -0.419. The van der Waals surface area contributed by atoms with E-state index in [1.165, 1.54) is 32.1 Å². The van der Waals surface area contributed by atoms with E-state index in [1.807, 2.05) is 0 Å². The molecular weight excluding hydrogens is 180 g/mol. The van der Waals surface area contributed by atoms with Gasteiger partial charge in [-0.25, -0.2) is 4.79 Å². The fourth-order valence-corrected chi connectivity index (χ4v) is 1.13. The minimum atomic E-state index is -0.522. The summed E-state index contributed by atoms with van der Waals surface area (Å²) < 4.78 is 4.41. The molecule has 0 bridgehead atoms. The van der Waals surface area contributed by atoms with Crippen LogP contribution in [-0.2, 0) is 9.53 Å². The molecule has 0 aliphatic carbocycles. The summed E-state index contributed by atoms with van der Waals surface area (Å²) in [4.78, 5) is 10.7. The molecule has 0 radical (unpaired) electrons. The van der Waals surface area contributed by atoms with E-state index in [0.717, 1.165) is 12.8 Å². The van der Waals surface area contributed by atoms with Crippen LogP contribution in [0, 0.1) is 0 Å². The standard InChI is InChI=1S/C11H20O3/c1-3-4-5-6-7-10(12)8-9-11(13)14-2/h8-10,12H,3-7H2,1-2H3/b9-8+. The molecule has 0 amide bonds. The van der Waals surface area contributed by atoms with Crippen LogP contribution in [0.4, 0.5) is 0 Å². The van der Waals surface area contributed by atoms with Gasteiger partial charge < -0.3 is 9.84 Å². The second kappa shape index (κ2) is 8.75. The number of aliphatic hydroxyl groups is 1. The summed E-state index contributed by atoms with van der Waals surface area (Å²) in [6.07, 6.45) is 7.48. The molecule has 0 spiro atoms. The third-order valence-electron chi connectivity index (χ3n) is 2.01. The van der Waals surface area contributed by atoms with E-state index in [1.54, 1.807) is 0 Å². The van der Waals surface area contributed by atoms with Crippen molar-refractivity contribution in [2.75, 3.05) is 7.11 Å². The maximum atomic E-state index is 10.7. The number of rotatable bonds is 7. The second-order valence-electron chi connectivity index (χ2n) is 3.30. The number of esters is 1. The maximum absolute atomic E-state index is 10.7. The first kappa shape index (κ1) is 13.2. The third kappa shape index (κ3) is 7.80. The van der Waals surface area contributed by atoms with Crippen molar-refractivity contribution in [3.63, 3.8) is 0 Å². The molecule has 82 valence electrons. The summed E-state index contributed by atoms with van der Waals surface area (Å²) in [6.45, 7) is 2.15. The van der Waals surface area contributed by atoms with Gasteiger partial charge in [-0.05, 0) is 12.5 Å². The van der Waals surface area contributed by atoms with Crippen molar-refractivity contribution in [2.45, 2.75) is 45.1 Å². The Morgan fingerprint density at radius 3 is 2.71 bits per heavy atom. The first-order valence-corrected chi connectivity index (χ1v) is 5.15. The Kier molecular flexibility index (Phi) is 8.24. The fourth-order valence-electron chi connectivity index (χ4n) is 1.13. The quantitative estimate of drug-likeness (QED) is 0.388. The Labute approximate surface area is 85.8 Å². The van der Waals surface area contributed by atoms with Crippen LogP contribution in [0.2, 0.25) is 0 Å². The number of carbonyl (C=O) groups excluding carboxylic acids is 1. The molecule has 14 heavy (non-hydrogen) atoms. The molecule has 0 saturated heterocycles. The molecule has 0 aromatic carbocycles. The molecule has 1 N–H and O–H groups in total. The Balaban J connectivity index is 3.49. The van der Waals surface area contributed by atoms with Crippen LogP contribution in [0.3, 0.4) is 0 Å². The topological polar surface area (TPSA) is 46.5 Å². The molecular formula is C11H20O3. The second-order valence-corrected chi connectivity index (χ2v) is 3.30. The highest BCUT2D eigenvalue weighted by atomic mass is 16.5. The lowest BCUT2D eigenvalue weighted by molar-refractivity contribution is -0.134. The van der Waals surface area contributed by atoms with Gasteiger partial charge in [0.15, 0.2) is 0 Å². The lowest BCUT2D eigenvalue weighted by Crippen LogP contribution is -2.04. The van der Waals surface area contributed by atoms with Gasteiger partial charge in [0.25, 0.3) is 0 Å². The van der Waals surface area contributed by atoms with Crippen LogP contribution in [0.5, 0.6) is 0 Å². The summed E-state index contributed by atoms with van der Waals surface area (Å²) in [5.41, 5.74) is 0. The SMILES string of the molecule is CCCCCCC(O)/C=C/C(=O)OC. The fraction of sp³-hybridized carbons (Fsp3) is 0.727. The average molecular weight is 200 g/mol. The molecule has 1 atom stereocenters. The van der Waals surface area contributed by atoms with Gasteiger partial charge in [0.2, 0.25) is 0 Å². The van der Waals surface area contributed by atoms with Gasteiger partial charge in [0.1, 0.15) is 0 Å². The highest BCUT2D eigenvalue weighted by Gasteiger charge is 2.00. The minimum absolute atomic E-state index is 0.419. The Hall–Kier alpha value is -0.830. The molecule has 0 fully saturated rings. The van der Waals surface area contributed by atoms with E-state index < -0.39 is 12.1 Å². The number of aliphatic hydroxyl groups excluding tert-OH is 1. The van der Waals surface area contributed by atoms with Crippen LogP contribution in [-0.4, -0.2) is 24.3 Å². The number of carbonyl (C=O) groups is 1. The summed E-state index contributed by atoms with van der Waals surface area (Å²) in [6, 6.07) is 0. The van der Waals surface area contributed by atoms with Crippen LogP contribution in [0.25, 0.3) is 0 Å². The Morgan fingerprint density at radius 1 is 1.43 bits per heavy atom. The van der Waals surface area contributed by atoms with Crippen molar-refractivity contribution >= 4 is 5.97 Å². The molecule has 0 rings (SSSR count). The zero-order valence-electron chi connectivity index (χ0n) is 9.03. The highest BCUT2D eigenvalue weighted by Crippen LogP contribution is 2.06. The normalized spacial score (nSPS) is 13.1. The van der Waals surface area contributed by atoms with Crippen LogP contribution in [0.15, 0.2) is 12.2 Å². The zero-order chi connectivity index (χ0) is 10.8. The van der Waals surface area contributed by atoms with Crippen molar-refractivity contribution in [3.05, 3.63) is 12.2 Å². The molecule has 1 unspecified atom stereocenters. The summed E-state index contributed by atoms with van der Waals surface area (Å²) in [5, 5.41) is 9.40. The van der Waals surface area contributed by atoms with Crippen molar-refractivity contribution in [1.29, 1.82) is 0 Å². The summed E-state index contributed by atoms with van der Waals surface area (Å²) in [7, 11) is 1.32. The van der Waals surface area contributed by atoms with Crippen LogP contribution >= 0.6 is 0 Å². The van der Waals surface area contributed by atoms with Gasteiger partial charge in [-0.15, -0.1) is 0 Å². The zero-order valence-corrected chi connectivity index (χ0v) is 9.03. The maximum Gasteiger partial charge on any atom is 0.330 e. The van der Waals surface area contributed by atoms with E-state index in [0.29, 0.717) is 6.42 Å². The van der Waals surface area contributed by atoms with Gasteiger partial charge in [-0.1, -0.05) is 32.6 Å².